The summed E-state index contributed by atoms with van der Waals surface area (Å²) in [5, 5.41) is 10.9. The maximum atomic E-state index is 13.1. The van der Waals surface area contributed by atoms with Crippen molar-refractivity contribution < 1.29 is 14.7 Å². The van der Waals surface area contributed by atoms with Crippen molar-refractivity contribution in [2.45, 2.75) is 65.7 Å². The van der Waals surface area contributed by atoms with E-state index in [1.54, 1.807) is 0 Å². The second kappa shape index (κ2) is 7.15. The number of rotatable bonds is 3. The fourth-order valence-electron chi connectivity index (χ4n) is 4.51. The lowest BCUT2D eigenvalue weighted by Crippen LogP contribution is -2.25. The molecule has 0 spiro atoms. The molecule has 0 amide bonds. The molecule has 3 aliphatic rings. The third-order valence-corrected chi connectivity index (χ3v) is 5.81. The molecule has 1 N–H and O–H groups in total. The number of Topliss-reactive ketones (excluding diaryl/α,β-unsaturated/α-hetero) is 2. The molecule has 0 unspecified atom stereocenters. The number of ketones is 2. The van der Waals surface area contributed by atoms with Crippen LogP contribution in [0, 0.1) is 18.8 Å². The fraction of sp³-hybridized carbons (Fsp3) is 0.545. The Morgan fingerprint density at radius 2 is 1.64 bits per heavy atom. The average molecular weight is 340 g/mol. The van der Waals surface area contributed by atoms with Gasteiger partial charge < -0.3 is 5.11 Å². The Bertz CT molecular complexity index is 717. The van der Waals surface area contributed by atoms with Crippen molar-refractivity contribution in [3.05, 3.63) is 40.1 Å². The Morgan fingerprint density at radius 1 is 1.00 bits per heavy atom. The van der Waals surface area contributed by atoms with Crippen LogP contribution < -0.4 is 0 Å². The molecule has 0 radical (unpaired) electrons. The van der Waals surface area contributed by atoms with Gasteiger partial charge in [-0.3, -0.25) is 9.59 Å². The third-order valence-electron chi connectivity index (χ3n) is 5.81. The van der Waals surface area contributed by atoms with Crippen LogP contribution in [-0.2, 0) is 22.4 Å². The zero-order valence-corrected chi connectivity index (χ0v) is 15.5. The summed E-state index contributed by atoms with van der Waals surface area (Å²) in [7, 11) is 0. The minimum atomic E-state index is -0.162. The van der Waals surface area contributed by atoms with Crippen molar-refractivity contribution in [3.63, 3.8) is 0 Å². The van der Waals surface area contributed by atoms with E-state index < -0.39 is 0 Å². The van der Waals surface area contributed by atoms with Gasteiger partial charge >= 0.3 is 0 Å². The lowest BCUT2D eigenvalue weighted by atomic mass is 9.78. The summed E-state index contributed by atoms with van der Waals surface area (Å²) in [6.45, 7) is 6.24. The van der Waals surface area contributed by atoms with E-state index in [-0.39, 0.29) is 35.6 Å². The maximum Gasteiger partial charge on any atom is 0.167 e. The summed E-state index contributed by atoms with van der Waals surface area (Å²) < 4.78 is 0. The van der Waals surface area contributed by atoms with Crippen molar-refractivity contribution in [1.82, 2.24) is 0 Å². The number of carbonyl (C=O) groups is 2. The summed E-state index contributed by atoms with van der Waals surface area (Å²) in [5.74, 6) is 0.342. The molecule has 25 heavy (non-hydrogen) atoms. The first-order valence-electron chi connectivity index (χ1n) is 9.55. The molecule has 1 saturated carbocycles. The average Bonchev–Trinajstić information content (AvgIpc) is 2.65. The van der Waals surface area contributed by atoms with Crippen LogP contribution in [0.25, 0.3) is 5.57 Å². The van der Waals surface area contributed by atoms with Crippen LogP contribution in [-0.4, -0.2) is 16.7 Å². The van der Waals surface area contributed by atoms with E-state index in [4.69, 9.17) is 0 Å². The number of benzene rings is 1. The first kappa shape index (κ1) is 17.9. The van der Waals surface area contributed by atoms with Gasteiger partial charge in [0, 0.05) is 25.2 Å². The van der Waals surface area contributed by atoms with Gasteiger partial charge in [0.2, 0.25) is 0 Å². The summed E-state index contributed by atoms with van der Waals surface area (Å²) in [5.41, 5.74) is 4.82. The summed E-state index contributed by atoms with van der Waals surface area (Å²) in [6.07, 6.45) is 4.54. The molecule has 1 fully saturated rings. The van der Waals surface area contributed by atoms with Gasteiger partial charge in [-0.1, -0.05) is 31.5 Å². The number of carbonyl (C=O) groups excluding carboxylic acids is 2. The molecule has 0 heterocycles. The molecule has 1 aromatic carbocycles. The molecule has 2 bridgehead atoms. The highest BCUT2D eigenvalue weighted by atomic mass is 16.3. The van der Waals surface area contributed by atoms with E-state index >= 15 is 0 Å². The number of aryl methyl sites for hydroxylation is 3. The van der Waals surface area contributed by atoms with Crippen LogP contribution in [0.4, 0.5) is 0 Å². The lowest BCUT2D eigenvalue weighted by Gasteiger charge is -2.25. The van der Waals surface area contributed by atoms with Crippen LogP contribution in [0.2, 0.25) is 0 Å². The number of hydrogen-bond donors (Lipinski definition) is 1. The number of hydrogen-bond acceptors (Lipinski definition) is 3. The molecule has 4 rings (SSSR count). The van der Waals surface area contributed by atoms with Crippen LogP contribution in [0.1, 0.15) is 68.2 Å². The lowest BCUT2D eigenvalue weighted by molar-refractivity contribution is -0.128. The monoisotopic (exact) mass is 340 g/mol. The normalized spacial score (nSPS) is 27.2. The molecular formula is C22H28O3. The summed E-state index contributed by atoms with van der Waals surface area (Å²) >= 11 is 0. The van der Waals surface area contributed by atoms with Crippen LogP contribution in [0.3, 0.4) is 0 Å². The van der Waals surface area contributed by atoms with Crippen molar-refractivity contribution >= 4 is 17.1 Å². The van der Waals surface area contributed by atoms with Crippen molar-refractivity contribution in [3.8, 4) is 0 Å². The van der Waals surface area contributed by atoms with E-state index in [9.17, 15) is 14.7 Å². The predicted octanol–water partition coefficient (Wildman–Crippen LogP) is 4.74. The van der Waals surface area contributed by atoms with Crippen LogP contribution in [0.15, 0.2) is 17.9 Å². The van der Waals surface area contributed by atoms with Gasteiger partial charge in [-0.25, -0.2) is 0 Å². The zero-order chi connectivity index (χ0) is 18.1. The van der Waals surface area contributed by atoms with Gasteiger partial charge in [0.15, 0.2) is 5.78 Å². The highest BCUT2D eigenvalue weighted by molar-refractivity contribution is 6.23. The van der Waals surface area contributed by atoms with Crippen molar-refractivity contribution in [1.29, 1.82) is 0 Å². The number of aliphatic hydroxyl groups excluding tert-OH is 1. The Hall–Kier alpha value is -1.90. The Morgan fingerprint density at radius 3 is 2.20 bits per heavy atom. The number of fused-ring (bicyclic) bond motifs is 5. The van der Waals surface area contributed by atoms with E-state index in [2.05, 4.69) is 32.9 Å². The number of allylic oxidation sites excluding steroid dienone is 2. The van der Waals surface area contributed by atoms with Gasteiger partial charge in [-0.05, 0) is 55.2 Å². The fourth-order valence-corrected chi connectivity index (χ4v) is 4.51. The Kier molecular flexibility index (Phi) is 5.12. The second-order valence-electron chi connectivity index (χ2n) is 7.63. The largest absolute Gasteiger partial charge is 0.512 e. The molecule has 3 nitrogen and oxygen atoms in total. The summed E-state index contributed by atoms with van der Waals surface area (Å²) in [4.78, 5) is 25.4. The van der Waals surface area contributed by atoms with E-state index in [1.165, 1.54) is 5.56 Å². The number of aliphatic hydroxyl groups is 1. The molecule has 134 valence electrons. The molecule has 3 heteroatoms. The molecular weight excluding hydrogens is 312 g/mol. The third kappa shape index (κ3) is 3.42. The summed E-state index contributed by atoms with van der Waals surface area (Å²) in [6, 6.07) is 4.24. The smallest absolute Gasteiger partial charge is 0.167 e. The predicted molar refractivity (Wildman–Crippen MR) is 99.6 cm³/mol. The molecule has 0 aromatic heterocycles. The first-order valence-corrected chi connectivity index (χ1v) is 9.55. The Balaban J connectivity index is 2.17. The quantitative estimate of drug-likeness (QED) is 0.865. The van der Waals surface area contributed by atoms with Gasteiger partial charge in [0.05, 0.1) is 5.57 Å². The molecule has 0 aliphatic heterocycles. The van der Waals surface area contributed by atoms with Crippen molar-refractivity contribution in [2.24, 2.45) is 11.8 Å². The van der Waals surface area contributed by atoms with Crippen LogP contribution >= 0.6 is 0 Å². The van der Waals surface area contributed by atoms with E-state index in [0.717, 1.165) is 42.4 Å². The first-order chi connectivity index (χ1) is 11.9. The van der Waals surface area contributed by atoms with E-state index in [0.29, 0.717) is 18.4 Å². The SMILES string of the molecule is CCc1cc(C)cc(CC)c1/C1=C(\O)C[C@@H]2CC[C@H](CC1=O)C(=O)C2. The Labute approximate surface area is 150 Å². The van der Waals surface area contributed by atoms with Gasteiger partial charge in [0.1, 0.15) is 11.5 Å². The van der Waals surface area contributed by atoms with Gasteiger partial charge in [-0.15, -0.1) is 0 Å². The van der Waals surface area contributed by atoms with E-state index in [1.807, 2.05) is 0 Å². The molecule has 1 aromatic rings. The molecule has 0 saturated heterocycles. The van der Waals surface area contributed by atoms with Crippen molar-refractivity contribution in [2.75, 3.05) is 0 Å². The second-order valence-corrected chi connectivity index (χ2v) is 7.63. The van der Waals surface area contributed by atoms with Gasteiger partial charge in [-0.2, -0.15) is 0 Å². The minimum absolute atomic E-state index is 0.0633. The minimum Gasteiger partial charge on any atom is -0.512 e. The zero-order valence-electron chi connectivity index (χ0n) is 15.5. The standard InChI is InChI=1S/C22H28O3/c1-4-15-8-13(3)9-16(5-2)21(15)22-19(24)11-14-6-7-17(12-20(22)25)18(23)10-14/h8-9,14,17,24H,4-7,10-12H2,1-3H3/b22-19-/t14-,17-/m1/s1. The van der Waals surface area contributed by atoms with Gasteiger partial charge in [0.25, 0.3) is 0 Å². The topological polar surface area (TPSA) is 54.4 Å². The highest BCUT2D eigenvalue weighted by Crippen LogP contribution is 2.39. The maximum absolute atomic E-state index is 13.1. The highest BCUT2D eigenvalue weighted by Gasteiger charge is 2.35. The molecule has 3 aliphatic carbocycles. The molecule has 2 atom stereocenters. The van der Waals surface area contributed by atoms with Crippen LogP contribution in [0.5, 0.6) is 0 Å².